The predicted molar refractivity (Wildman–Crippen MR) is 70.9 cm³/mol. The average molecular weight is 232 g/mol. The first-order valence-corrected chi connectivity index (χ1v) is 6.30. The van der Waals surface area contributed by atoms with E-state index in [1.54, 1.807) is 7.11 Å². The Morgan fingerprint density at radius 2 is 2.00 bits per heavy atom. The highest BCUT2D eigenvalue weighted by molar-refractivity contribution is 5.88. The molecule has 2 aromatic rings. The fourth-order valence-electron chi connectivity index (χ4n) is 2.37. The minimum atomic E-state index is 0.844. The summed E-state index contributed by atoms with van der Waals surface area (Å²) < 4.78 is 11.4. The van der Waals surface area contributed by atoms with Gasteiger partial charge in [0, 0.05) is 17.4 Å². The summed E-state index contributed by atoms with van der Waals surface area (Å²) >= 11 is 0. The molecule has 0 atom stereocenters. The molecule has 17 heavy (non-hydrogen) atoms. The average Bonchev–Trinajstić information content (AvgIpc) is 2.66. The molecule has 0 aliphatic heterocycles. The molecule has 0 aliphatic carbocycles. The summed E-state index contributed by atoms with van der Waals surface area (Å²) in [7, 11) is 1.70. The number of aryl methyl sites for hydroxylation is 3. The molecule has 0 unspecified atom stereocenters. The zero-order valence-corrected chi connectivity index (χ0v) is 11.1. The van der Waals surface area contributed by atoms with Crippen LogP contribution in [0.5, 0.6) is 5.75 Å². The Labute approximate surface area is 103 Å². The van der Waals surface area contributed by atoms with Gasteiger partial charge in [0.2, 0.25) is 0 Å². The lowest BCUT2D eigenvalue weighted by atomic mass is 10.0. The number of fused-ring (bicyclic) bond motifs is 1. The minimum Gasteiger partial charge on any atom is -0.493 e. The van der Waals surface area contributed by atoms with Gasteiger partial charge in [0.05, 0.1) is 7.11 Å². The number of benzene rings is 1. The maximum atomic E-state index is 5.98. The smallest absolute Gasteiger partial charge is 0.176 e. The van der Waals surface area contributed by atoms with Crippen molar-refractivity contribution in [1.29, 1.82) is 0 Å². The first kappa shape index (κ1) is 12.0. The number of hydrogen-bond acceptors (Lipinski definition) is 2. The summed E-state index contributed by atoms with van der Waals surface area (Å²) in [5.74, 6) is 1.96. The van der Waals surface area contributed by atoms with E-state index in [-0.39, 0.29) is 0 Å². The first-order chi connectivity index (χ1) is 8.21. The van der Waals surface area contributed by atoms with Gasteiger partial charge in [-0.05, 0) is 37.5 Å². The fourth-order valence-corrected chi connectivity index (χ4v) is 2.37. The van der Waals surface area contributed by atoms with Gasteiger partial charge in [-0.3, -0.25) is 0 Å². The second kappa shape index (κ2) is 4.82. The SMILES string of the molecule is CCCc1oc2c(OC)cc(C)cc2c1CC. The summed E-state index contributed by atoms with van der Waals surface area (Å²) in [6.45, 7) is 6.45. The van der Waals surface area contributed by atoms with Crippen molar-refractivity contribution >= 4 is 11.0 Å². The lowest BCUT2D eigenvalue weighted by Gasteiger charge is -2.02. The number of ether oxygens (including phenoxy) is 1. The molecule has 0 aliphatic rings. The van der Waals surface area contributed by atoms with E-state index in [9.17, 15) is 0 Å². The Kier molecular flexibility index (Phi) is 3.41. The monoisotopic (exact) mass is 232 g/mol. The van der Waals surface area contributed by atoms with Crippen LogP contribution in [0.15, 0.2) is 16.5 Å². The Balaban J connectivity index is 2.71. The normalized spacial score (nSPS) is 11.1. The molecule has 0 N–H and O–H groups in total. The quantitative estimate of drug-likeness (QED) is 0.785. The van der Waals surface area contributed by atoms with E-state index in [1.807, 2.05) is 6.07 Å². The maximum absolute atomic E-state index is 5.98. The molecular formula is C15H20O2. The number of rotatable bonds is 4. The van der Waals surface area contributed by atoms with E-state index < -0.39 is 0 Å². The summed E-state index contributed by atoms with van der Waals surface area (Å²) in [6, 6.07) is 4.22. The zero-order chi connectivity index (χ0) is 12.4. The van der Waals surface area contributed by atoms with Gasteiger partial charge in [0.15, 0.2) is 11.3 Å². The van der Waals surface area contributed by atoms with Crippen molar-refractivity contribution < 1.29 is 9.15 Å². The molecular weight excluding hydrogens is 212 g/mol. The molecule has 2 nitrogen and oxygen atoms in total. The highest BCUT2D eigenvalue weighted by Crippen LogP contribution is 2.34. The van der Waals surface area contributed by atoms with Crippen LogP contribution in [0, 0.1) is 6.92 Å². The number of furan rings is 1. The van der Waals surface area contributed by atoms with Crippen molar-refractivity contribution in [2.75, 3.05) is 7.11 Å². The van der Waals surface area contributed by atoms with Gasteiger partial charge in [-0.15, -0.1) is 0 Å². The van der Waals surface area contributed by atoms with Crippen LogP contribution >= 0.6 is 0 Å². The van der Waals surface area contributed by atoms with Crippen molar-refractivity contribution in [3.63, 3.8) is 0 Å². The predicted octanol–water partition coefficient (Wildman–Crippen LogP) is 4.26. The maximum Gasteiger partial charge on any atom is 0.176 e. The van der Waals surface area contributed by atoms with Gasteiger partial charge in [0.25, 0.3) is 0 Å². The van der Waals surface area contributed by atoms with Gasteiger partial charge in [-0.1, -0.05) is 13.8 Å². The standard InChI is InChI=1S/C15H20O2/c1-5-7-13-11(6-2)12-8-10(3)9-14(16-4)15(12)17-13/h8-9H,5-7H2,1-4H3. The van der Waals surface area contributed by atoms with Crippen molar-refractivity contribution in [2.24, 2.45) is 0 Å². The molecule has 1 aromatic carbocycles. The second-order valence-electron chi connectivity index (χ2n) is 4.45. The molecule has 0 spiro atoms. The van der Waals surface area contributed by atoms with E-state index in [0.717, 1.165) is 36.4 Å². The van der Waals surface area contributed by atoms with Crippen molar-refractivity contribution in [3.8, 4) is 5.75 Å². The molecule has 1 heterocycles. The molecule has 0 bridgehead atoms. The van der Waals surface area contributed by atoms with Crippen LogP contribution in [-0.2, 0) is 12.8 Å². The van der Waals surface area contributed by atoms with Crippen molar-refractivity contribution in [3.05, 3.63) is 29.0 Å². The third-order valence-corrected chi connectivity index (χ3v) is 3.14. The van der Waals surface area contributed by atoms with Crippen LogP contribution in [0.3, 0.4) is 0 Å². The Bertz CT molecular complexity index is 523. The van der Waals surface area contributed by atoms with E-state index in [1.165, 1.54) is 16.5 Å². The molecule has 92 valence electrons. The van der Waals surface area contributed by atoms with Crippen LogP contribution in [0.4, 0.5) is 0 Å². The summed E-state index contributed by atoms with van der Waals surface area (Å²) in [5, 5.41) is 1.22. The minimum absolute atomic E-state index is 0.844. The van der Waals surface area contributed by atoms with E-state index in [2.05, 4.69) is 26.8 Å². The highest BCUT2D eigenvalue weighted by Gasteiger charge is 2.15. The molecule has 1 aromatic heterocycles. The van der Waals surface area contributed by atoms with Crippen LogP contribution in [-0.4, -0.2) is 7.11 Å². The molecule has 2 heteroatoms. The van der Waals surface area contributed by atoms with E-state index in [0.29, 0.717) is 0 Å². The van der Waals surface area contributed by atoms with E-state index in [4.69, 9.17) is 9.15 Å². The van der Waals surface area contributed by atoms with Crippen molar-refractivity contribution in [1.82, 2.24) is 0 Å². The molecule has 0 saturated heterocycles. The van der Waals surface area contributed by atoms with Gasteiger partial charge in [-0.25, -0.2) is 0 Å². The van der Waals surface area contributed by atoms with Crippen LogP contribution in [0.2, 0.25) is 0 Å². The first-order valence-electron chi connectivity index (χ1n) is 6.30. The Hall–Kier alpha value is -1.44. The number of methoxy groups -OCH3 is 1. The molecule has 2 rings (SSSR count). The van der Waals surface area contributed by atoms with Gasteiger partial charge >= 0.3 is 0 Å². The second-order valence-corrected chi connectivity index (χ2v) is 4.45. The molecule has 0 amide bonds. The fraction of sp³-hybridized carbons (Fsp3) is 0.467. The third-order valence-electron chi connectivity index (χ3n) is 3.14. The van der Waals surface area contributed by atoms with Gasteiger partial charge in [-0.2, -0.15) is 0 Å². The Morgan fingerprint density at radius 3 is 2.59 bits per heavy atom. The third kappa shape index (κ3) is 2.04. The molecule has 0 radical (unpaired) electrons. The van der Waals surface area contributed by atoms with Crippen LogP contribution in [0.25, 0.3) is 11.0 Å². The van der Waals surface area contributed by atoms with Crippen molar-refractivity contribution in [2.45, 2.75) is 40.0 Å². The molecule has 0 saturated carbocycles. The lowest BCUT2D eigenvalue weighted by molar-refractivity contribution is 0.407. The van der Waals surface area contributed by atoms with E-state index >= 15 is 0 Å². The topological polar surface area (TPSA) is 22.4 Å². The summed E-state index contributed by atoms with van der Waals surface area (Å²) in [6.07, 6.45) is 3.11. The number of hydrogen-bond donors (Lipinski definition) is 0. The van der Waals surface area contributed by atoms with Gasteiger partial charge in [0.1, 0.15) is 5.76 Å². The van der Waals surface area contributed by atoms with Crippen LogP contribution < -0.4 is 4.74 Å². The van der Waals surface area contributed by atoms with Gasteiger partial charge < -0.3 is 9.15 Å². The molecule has 0 fully saturated rings. The van der Waals surface area contributed by atoms with Crippen LogP contribution in [0.1, 0.15) is 37.2 Å². The Morgan fingerprint density at radius 1 is 1.24 bits per heavy atom. The zero-order valence-electron chi connectivity index (χ0n) is 11.1. The summed E-state index contributed by atoms with van der Waals surface area (Å²) in [4.78, 5) is 0. The summed E-state index contributed by atoms with van der Waals surface area (Å²) in [5.41, 5.74) is 3.45. The largest absolute Gasteiger partial charge is 0.493 e. The lowest BCUT2D eigenvalue weighted by Crippen LogP contribution is -1.87. The highest BCUT2D eigenvalue weighted by atomic mass is 16.5.